The number of imidazole rings is 1. The van der Waals surface area contributed by atoms with E-state index < -0.39 is 0 Å². The maximum Gasteiger partial charge on any atom is 0.273 e. The highest BCUT2D eigenvalue weighted by Gasteiger charge is 2.27. The quantitative estimate of drug-likeness (QED) is 0.219. The number of hydrogen-bond acceptors (Lipinski definition) is 7. The zero-order valence-corrected chi connectivity index (χ0v) is 22.9. The number of nitrogens with two attached hydrogens (primary N) is 1. The van der Waals surface area contributed by atoms with Crippen LogP contribution in [0.15, 0.2) is 61.7 Å². The normalized spacial score (nSPS) is 11.6. The largest absolute Gasteiger partial charge is 0.494 e. The third kappa shape index (κ3) is 10.9. The van der Waals surface area contributed by atoms with Gasteiger partial charge in [0.15, 0.2) is 5.69 Å². The number of hydrogen-bond donors (Lipinski definition) is 2. The molecular formula is C28H41N7O3. The van der Waals surface area contributed by atoms with E-state index in [9.17, 15) is 9.59 Å². The first-order chi connectivity index (χ1) is 18.7. The van der Waals surface area contributed by atoms with E-state index in [1.54, 1.807) is 23.3 Å². The fraction of sp³-hybridized carbons (Fsp3) is 0.393. The van der Waals surface area contributed by atoms with Crippen molar-refractivity contribution < 1.29 is 14.3 Å². The number of rotatable bonds is 11. The molecule has 10 heteroatoms. The van der Waals surface area contributed by atoms with Crippen LogP contribution in [-0.4, -0.2) is 56.4 Å². The lowest BCUT2D eigenvalue weighted by Crippen LogP contribution is -2.27. The number of ether oxygens (including phenoxy) is 1. The Labute approximate surface area is 225 Å². The number of nitrogens with zero attached hydrogens (tertiary/aromatic N) is 5. The fourth-order valence-corrected chi connectivity index (χ4v) is 3.09. The zero-order chi connectivity index (χ0) is 28.2. The van der Waals surface area contributed by atoms with Gasteiger partial charge in [-0.15, -0.1) is 11.7 Å². The Morgan fingerprint density at radius 1 is 1.24 bits per heavy atom. The van der Waals surface area contributed by atoms with Gasteiger partial charge in [0.1, 0.15) is 12.0 Å². The second-order valence-electron chi connectivity index (χ2n) is 7.67. The molecule has 3 N–H and O–H groups in total. The summed E-state index contributed by atoms with van der Waals surface area (Å²) in [7, 11) is 1.50. The minimum absolute atomic E-state index is 0.144. The summed E-state index contributed by atoms with van der Waals surface area (Å²) in [5.74, 6) is 0.662. The van der Waals surface area contributed by atoms with Gasteiger partial charge >= 0.3 is 0 Å². The number of carbonyl (C=O) groups excluding carboxylic acids is 2. The van der Waals surface area contributed by atoms with Gasteiger partial charge in [-0.1, -0.05) is 31.2 Å². The van der Waals surface area contributed by atoms with Gasteiger partial charge in [0.2, 0.25) is 0 Å². The summed E-state index contributed by atoms with van der Waals surface area (Å²) < 4.78 is 9.46. The first kappa shape index (κ1) is 32.0. The van der Waals surface area contributed by atoms with Crippen LogP contribution in [0.5, 0.6) is 5.75 Å². The molecule has 0 spiro atoms. The first-order valence-corrected chi connectivity index (χ1v) is 12.9. The van der Waals surface area contributed by atoms with Gasteiger partial charge in [0.05, 0.1) is 18.6 Å². The van der Waals surface area contributed by atoms with Crippen molar-refractivity contribution >= 4 is 18.4 Å². The molecule has 1 saturated carbocycles. The predicted molar refractivity (Wildman–Crippen MR) is 151 cm³/mol. The Morgan fingerprint density at radius 3 is 2.47 bits per heavy atom. The molecule has 0 atom stereocenters. The SMILES string of the molecule is C/C=C/n1nnc(C(=O)NC2CC2)c1CCCOc1ccc(-n2ccnc2)cc1.C=CCC=O.CC.CN. The minimum atomic E-state index is -0.144. The highest BCUT2D eigenvalue weighted by atomic mass is 16.5. The van der Waals surface area contributed by atoms with Gasteiger partial charge in [-0.2, -0.15) is 0 Å². The number of aldehydes is 1. The summed E-state index contributed by atoms with van der Waals surface area (Å²) in [6, 6.07) is 8.14. The van der Waals surface area contributed by atoms with Crippen molar-refractivity contribution in [3.8, 4) is 11.4 Å². The third-order valence-electron chi connectivity index (χ3n) is 4.94. The van der Waals surface area contributed by atoms with Gasteiger partial charge in [-0.3, -0.25) is 4.79 Å². The smallest absolute Gasteiger partial charge is 0.273 e. The molecule has 206 valence electrons. The molecule has 0 bridgehead atoms. The summed E-state index contributed by atoms with van der Waals surface area (Å²) in [5.41, 5.74) is 6.74. The van der Waals surface area contributed by atoms with Gasteiger partial charge < -0.3 is 25.1 Å². The molecule has 1 aromatic carbocycles. The van der Waals surface area contributed by atoms with E-state index in [1.807, 2.05) is 68.1 Å². The Morgan fingerprint density at radius 2 is 1.95 bits per heavy atom. The average Bonchev–Trinajstić information content (AvgIpc) is 3.43. The summed E-state index contributed by atoms with van der Waals surface area (Å²) in [4.78, 5) is 25.8. The number of benzene rings is 1. The molecule has 0 saturated heterocycles. The second kappa shape index (κ2) is 19.1. The number of amides is 1. The van der Waals surface area contributed by atoms with E-state index >= 15 is 0 Å². The van der Waals surface area contributed by atoms with Crippen molar-refractivity contribution in [1.29, 1.82) is 0 Å². The Hall–Kier alpha value is -4.05. The molecule has 3 aromatic rings. The van der Waals surface area contributed by atoms with Gasteiger partial charge in [0.25, 0.3) is 5.91 Å². The Kier molecular flexibility index (Phi) is 16.1. The first-order valence-electron chi connectivity index (χ1n) is 12.9. The second-order valence-corrected chi connectivity index (χ2v) is 7.67. The fourth-order valence-electron chi connectivity index (χ4n) is 3.09. The average molecular weight is 524 g/mol. The third-order valence-corrected chi connectivity index (χ3v) is 4.94. The summed E-state index contributed by atoms with van der Waals surface area (Å²) in [5, 5.41) is 11.2. The number of carbonyl (C=O) groups is 2. The molecular weight excluding hydrogens is 482 g/mol. The maximum absolute atomic E-state index is 12.4. The summed E-state index contributed by atoms with van der Waals surface area (Å²) in [6.45, 7) is 9.76. The van der Waals surface area contributed by atoms with Crippen LogP contribution in [0, 0.1) is 0 Å². The van der Waals surface area contributed by atoms with Crippen LogP contribution in [-0.2, 0) is 11.2 Å². The highest BCUT2D eigenvalue weighted by Crippen LogP contribution is 2.20. The predicted octanol–water partition coefficient (Wildman–Crippen LogP) is 4.22. The van der Waals surface area contributed by atoms with Crippen LogP contribution in [0.3, 0.4) is 0 Å². The van der Waals surface area contributed by atoms with Crippen molar-refractivity contribution in [3.63, 3.8) is 0 Å². The zero-order valence-electron chi connectivity index (χ0n) is 22.9. The molecule has 2 heterocycles. The summed E-state index contributed by atoms with van der Waals surface area (Å²) in [6.07, 6.45) is 15.4. The van der Waals surface area contributed by atoms with Crippen LogP contribution in [0.2, 0.25) is 0 Å². The van der Waals surface area contributed by atoms with E-state index in [-0.39, 0.29) is 11.9 Å². The lowest BCUT2D eigenvalue weighted by molar-refractivity contribution is -0.107. The van der Waals surface area contributed by atoms with Crippen molar-refractivity contribution in [3.05, 3.63) is 73.1 Å². The van der Waals surface area contributed by atoms with E-state index in [1.165, 1.54) is 7.05 Å². The van der Waals surface area contributed by atoms with Crippen LogP contribution < -0.4 is 15.8 Å². The molecule has 2 aromatic heterocycles. The molecule has 4 rings (SSSR count). The van der Waals surface area contributed by atoms with Crippen LogP contribution in [0.1, 0.15) is 62.6 Å². The maximum atomic E-state index is 12.4. The number of aromatic nitrogens is 5. The Balaban J connectivity index is 0.000000709. The molecule has 0 unspecified atom stereocenters. The van der Waals surface area contributed by atoms with E-state index in [0.29, 0.717) is 25.1 Å². The van der Waals surface area contributed by atoms with Crippen LogP contribution >= 0.6 is 0 Å². The van der Waals surface area contributed by atoms with Crippen LogP contribution in [0.25, 0.3) is 11.9 Å². The van der Waals surface area contributed by atoms with Gasteiger partial charge in [-0.25, -0.2) is 9.67 Å². The Bertz CT molecular complexity index is 1080. The van der Waals surface area contributed by atoms with E-state index in [2.05, 4.69) is 32.9 Å². The summed E-state index contributed by atoms with van der Waals surface area (Å²) >= 11 is 0. The van der Waals surface area contributed by atoms with Crippen LogP contribution in [0.4, 0.5) is 0 Å². The molecule has 1 amide bonds. The number of allylic oxidation sites excluding steroid dienone is 2. The van der Waals surface area contributed by atoms with E-state index in [4.69, 9.17) is 4.74 Å². The molecule has 0 aliphatic heterocycles. The molecule has 38 heavy (non-hydrogen) atoms. The molecule has 0 radical (unpaired) electrons. The molecule has 1 fully saturated rings. The van der Waals surface area contributed by atoms with Crippen molar-refractivity contribution in [1.82, 2.24) is 29.9 Å². The lowest BCUT2D eigenvalue weighted by atomic mass is 10.2. The highest BCUT2D eigenvalue weighted by molar-refractivity contribution is 5.93. The standard InChI is InChI=1S/C21H24N6O2.C4H6O.C2H6.CH5N/c1-2-12-27-19(20(24-25-27)21(28)23-16-5-6-16)4-3-14-29-18-9-7-17(8-10-18)26-13-11-22-15-26;1-2-3-4-5;2*1-2/h2,7-13,15-16H,3-6,14H2,1H3,(H,23,28);2,4H,1,3H2;1-2H3;2H2,1H3/b12-2+;;;. The van der Waals surface area contributed by atoms with E-state index in [0.717, 1.165) is 42.7 Å². The topological polar surface area (TPSA) is 130 Å². The van der Waals surface area contributed by atoms with Gasteiger partial charge in [-0.05, 0) is 63.9 Å². The van der Waals surface area contributed by atoms with Gasteiger partial charge in [0, 0.05) is 36.7 Å². The molecule has 1 aliphatic rings. The molecule has 1 aliphatic carbocycles. The number of nitrogens with one attached hydrogen (secondary N) is 1. The molecule has 10 nitrogen and oxygen atoms in total. The van der Waals surface area contributed by atoms with Crippen molar-refractivity contribution in [2.24, 2.45) is 5.73 Å². The van der Waals surface area contributed by atoms with Crippen molar-refractivity contribution in [2.45, 2.75) is 58.9 Å². The lowest BCUT2D eigenvalue weighted by Gasteiger charge is -2.09. The monoisotopic (exact) mass is 523 g/mol. The minimum Gasteiger partial charge on any atom is -0.494 e. The van der Waals surface area contributed by atoms with Crippen molar-refractivity contribution in [2.75, 3.05) is 13.7 Å².